The van der Waals surface area contributed by atoms with Gasteiger partial charge in [-0.2, -0.15) is 0 Å². The Hall–Kier alpha value is -2.83. The van der Waals surface area contributed by atoms with Crippen LogP contribution in [-0.2, 0) is 6.54 Å². The van der Waals surface area contributed by atoms with E-state index < -0.39 is 0 Å². The van der Waals surface area contributed by atoms with Gasteiger partial charge in [0.05, 0.1) is 12.9 Å². The van der Waals surface area contributed by atoms with E-state index in [2.05, 4.69) is 15.6 Å². The van der Waals surface area contributed by atoms with Gasteiger partial charge in [-0.3, -0.25) is 9.36 Å². The number of hydrogen-bond acceptors (Lipinski definition) is 4. The van der Waals surface area contributed by atoms with Crippen LogP contribution in [0.15, 0.2) is 41.5 Å². The lowest BCUT2D eigenvalue weighted by Gasteiger charge is -2.09. The molecule has 1 heterocycles. The Bertz CT molecular complexity index is 710. The Labute approximate surface area is 134 Å². The van der Waals surface area contributed by atoms with Gasteiger partial charge in [0.25, 0.3) is 5.56 Å². The van der Waals surface area contributed by atoms with Gasteiger partial charge in [-0.1, -0.05) is 0 Å². The molecule has 122 valence electrons. The molecular formula is C16H20N4O3. The molecule has 0 bridgehead atoms. The smallest absolute Gasteiger partial charge is 0.319 e. The third-order valence-electron chi connectivity index (χ3n) is 3.08. The summed E-state index contributed by atoms with van der Waals surface area (Å²) >= 11 is 0. The molecule has 7 nitrogen and oxygen atoms in total. The second-order valence-electron chi connectivity index (χ2n) is 4.90. The monoisotopic (exact) mass is 316 g/mol. The minimum atomic E-state index is -0.331. The fourth-order valence-electron chi connectivity index (χ4n) is 1.95. The Morgan fingerprint density at radius 3 is 2.70 bits per heavy atom. The molecule has 7 heteroatoms. The largest absolute Gasteiger partial charge is 0.494 e. The first kappa shape index (κ1) is 16.5. The van der Waals surface area contributed by atoms with Gasteiger partial charge in [0.15, 0.2) is 0 Å². The first-order chi connectivity index (χ1) is 11.1. The number of anilines is 1. The highest BCUT2D eigenvalue weighted by atomic mass is 16.5. The van der Waals surface area contributed by atoms with Crippen molar-refractivity contribution >= 4 is 11.7 Å². The normalized spacial score (nSPS) is 10.2. The van der Waals surface area contributed by atoms with Crippen LogP contribution in [0.2, 0.25) is 0 Å². The summed E-state index contributed by atoms with van der Waals surface area (Å²) in [7, 11) is 0. The maximum absolute atomic E-state index is 11.8. The Balaban J connectivity index is 1.79. The summed E-state index contributed by atoms with van der Waals surface area (Å²) in [6.07, 6.45) is 1.48. The van der Waals surface area contributed by atoms with Crippen LogP contribution in [0.5, 0.6) is 5.75 Å². The zero-order valence-corrected chi connectivity index (χ0v) is 13.2. The fourth-order valence-corrected chi connectivity index (χ4v) is 1.95. The zero-order chi connectivity index (χ0) is 16.7. The van der Waals surface area contributed by atoms with E-state index in [1.807, 2.05) is 6.92 Å². The molecule has 1 aromatic carbocycles. The molecule has 0 fully saturated rings. The van der Waals surface area contributed by atoms with E-state index in [-0.39, 0.29) is 11.6 Å². The number of amides is 2. The van der Waals surface area contributed by atoms with Crippen molar-refractivity contribution in [3.63, 3.8) is 0 Å². The Morgan fingerprint density at radius 1 is 1.30 bits per heavy atom. The highest BCUT2D eigenvalue weighted by Crippen LogP contribution is 2.15. The van der Waals surface area contributed by atoms with Crippen LogP contribution in [0.3, 0.4) is 0 Å². The summed E-state index contributed by atoms with van der Waals surface area (Å²) < 4.78 is 6.78. The Morgan fingerprint density at radius 2 is 2.04 bits per heavy atom. The number of carbonyl (C=O) groups excluding carboxylic acids is 1. The van der Waals surface area contributed by atoms with Gasteiger partial charge in [0.1, 0.15) is 5.75 Å². The number of nitrogens with one attached hydrogen (secondary N) is 2. The van der Waals surface area contributed by atoms with E-state index in [0.717, 1.165) is 5.75 Å². The number of hydrogen-bond donors (Lipinski definition) is 2. The van der Waals surface area contributed by atoms with Crippen molar-refractivity contribution in [2.24, 2.45) is 0 Å². The standard InChI is InChI=1S/C16H20N4O3/c1-3-23-14-6-4-13(5-7-14)19-16(22)17-8-9-20-11-18-12(2)10-15(20)21/h4-7,10-11H,3,8-9H2,1-2H3,(H2,17,19,22). The van der Waals surface area contributed by atoms with Crippen molar-refractivity contribution in [1.29, 1.82) is 0 Å². The molecule has 0 aliphatic rings. The molecule has 0 saturated carbocycles. The average molecular weight is 316 g/mol. The molecule has 0 aliphatic carbocycles. The maximum Gasteiger partial charge on any atom is 0.319 e. The van der Waals surface area contributed by atoms with Crippen molar-refractivity contribution in [2.45, 2.75) is 20.4 Å². The Kier molecular flexibility index (Phi) is 5.74. The lowest BCUT2D eigenvalue weighted by Crippen LogP contribution is -2.33. The SMILES string of the molecule is CCOc1ccc(NC(=O)NCCn2cnc(C)cc2=O)cc1. The second kappa shape index (κ2) is 7.98. The van der Waals surface area contributed by atoms with E-state index in [1.54, 1.807) is 31.2 Å². The molecule has 0 atom stereocenters. The van der Waals surface area contributed by atoms with Crippen LogP contribution in [0.4, 0.5) is 10.5 Å². The molecule has 23 heavy (non-hydrogen) atoms. The number of aryl methyl sites for hydroxylation is 1. The molecular weight excluding hydrogens is 296 g/mol. The highest BCUT2D eigenvalue weighted by molar-refractivity contribution is 5.89. The molecule has 0 aliphatic heterocycles. The molecule has 1 aromatic heterocycles. The molecule has 0 unspecified atom stereocenters. The fraction of sp³-hybridized carbons (Fsp3) is 0.312. The van der Waals surface area contributed by atoms with Gasteiger partial charge < -0.3 is 15.4 Å². The zero-order valence-electron chi connectivity index (χ0n) is 13.2. The average Bonchev–Trinajstić information content (AvgIpc) is 2.52. The van der Waals surface area contributed by atoms with Crippen molar-refractivity contribution in [3.8, 4) is 5.75 Å². The summed E-state index contributed by atoms with van der Waals surface area (Å²) in [5, 5.41) is 5.41. The lowest BCUT2D eigenvalue weighted by atomic mass is 10.3. The third kappa shape index (κ3) is 5.14. The van der Waals surface area contributed by atoms with Gasteiger partial charge in [-0.15, -0.1) is 0 Å². The van der Waals surface area contributed by atoms with Crippen LogP contribution in [-0.4, -0.2) is 28.7 Å². The van der Waals surface area contributed by atoms with Gasteiger partial charge in [0, 0.05) is 30.5 Å². The molecule has 0 spiro atoms. The maximum atomic E-state index is 11.8. The minimum absolute atomic E-state index is 0.133. The molecule has 2 amide bonds. The number of aromatic nitrogens is 2. The summed E-state index contributed by atoms with van der Waals surface area (Å²) in [6, 6.07) is 8.23. The van der Waals surface area contributed by atoms with Crippen molar-refractivity contribution in [3.05, 3.63) is 52.7 Å². The molecule has 0 saturated heterocycles. The number of urea groups is 1. The number of benzene rings is 1. The van der Waals surface area contributed by atoms with E-state index in [9.17, 15) is 9.59 Å². The van der Waals surface area contributed by atoms with E-state index in [1.165, 1.54) is 17.0 Å². The number of ether oxygens (including phenoxy) is 1. The topological polar surface area (TPSA) is 85.2 Å². The lowest BCUT2D eigenvalue weighted by molar-refractivity contribution is 0.251. The van der Waals surface area contributed by atoms with Gasteiger partial charge in [-0.25, -0.2) is 9.78 Å². The van der Waals surface area contributed by atoms with E-state index in [4.69, 9.17) is 4.74 Å². The van der Waals surface area contributed by atoms with Crippen LogP contribution in [0.25, 0.3) is 0 Å². The molecule has 2 N–H and O–H groups in total. The number of carbonyl (C=O) groups is 1. The van der Waals surface area contributed by atoms with Gasteiger partial charge in [0.2, 0.25) is 0 Å². The van der Waals surface area contributed by atoms with Crippen LogP contribution >= 0.6 is 0 Å². The van der Waals surface area contributed by atoms with Crippen LogP contribution in [0.1, 0.15) is 12.6 Å². The van der Waals surface area contributed by atoms with E-state index >= 15 is 0 Å². The quantitative estimate of drug-likeness (QED) is 0.850. The molecule has 2 rings (SSSR count). The predicted octanol–water partition coefficient (Wildman–Crippen LogP) is 1.77. The number of rotatable bonds is 6. The summed E-state index contributed by atoms with van der Waals surface area (Å²) in [5.74, 6) is 0.754. The van der Waals surface area contributed by atoms with Gasteiger partial charge in [-0.05, 0) is 38.1 Å². The summed E-state index contributed by atoms with van der Waals surface area (Å²) in [5.41, 5.74) is 1.21. The first-order valence-electron chi connectivity index (χ1n) is 7.39. The number of nitrogens with zero attached hydrogens (tertiary/aromatic N) is 2. The van der Waals surface area contributed by atoms with Gasteiger partial charge >= 0.3 is 6.03 Å². The second-order valence-corrected chi connectivity index (χ2v) is 4.90. The third-order valence-corrected chi connectivity index (χ3v) is 3.08. The van der Waals surface area contributed by atoms with Crippen LogP contribution in [0, 0.1) is 6.92 Å². The predicted molar refractivity (Wildman–Crippen MR) is 87.9 cm³/mol. The molecule has 2 aromatic rings. The summed E-state index contributed by atoms with van der Waals surface area (Å²) in [6.45, 7) is 4.96. The highest BCUT2D eigenvalue weighted by Gasteiger charge is 2.02. The molecule has 0 radical (unpaired) electrons. The minimum Gasteiger partial charge on any atom is -0.494 e. The van der Waals surface area contributed by atoms with E-state index in [0.29, 0.717) is 31.1 Å². The summed E-state index contributed by atoms with van der Waals surface area (Å²) in [4.78, 5) is 27.5. The van der Waals surface area contributed by atoms with Crippen molar-refractivity contribution < 1.29 is 9.53 Å². The first-order valence-corrected chi connectivity index (χ1v) is 7.39. The van der Waals surface area contributed by atoms with Crippen molar-refractivity contribution in [2.75, 3.05) is 18.5 Å². The van der Waals surface area contributed by atoms with Crippen molar-refractivity contribution in [1.82, 2.24) is 14.9 Å². The van der Waals surface area contributed by atoms with Crippen LogP contribution < -0.4 is 20.9 Å².